The summed E-state index contributed by atoms with van der Waals surface area (Å²) in [4.78, 5) is 14.5. The summed E-state index contributed by atoms with van der Waals surface area (Å²) in [7, 11) is 0. The summed E-state index contributed by atoms with van der Waals surface area (Å²) in [5.74, 6) is 0.0237. The zero-order valence-corrected chi connectivity index (χ0v) is 12.3. The number of benzene rings is 1. The Labute approximate surface area is 120 Å². The van der Waals surface area contributed by atoms with E-state index in [0.717, 1.165) is 49.5 Å². The fourth-order valence-electron chi connectivity index (χ4n) is 2.48. The van der Waals surface area contributed by atoms with Crippen LogP contribution < -0.4 is 16.4 Å². The molecule has 2 rings (SSSR count). The quantitative estimate of drug-likeness (QED) is 0.719. The van der Waals surface area contributed by atoms with Crippen molar-refractivity contribution in [1.29, 1.82) is 0 Å². The highest BCUT2D eigenvalue weighted by atomic mass is 16.2. The highest BCUT2D eigenvalue weighted by Gasteiger charge is 2.22. The Kier molecular flexibility index (Phi) is 4.98. The van der Waals surface area contributed by atoms with Gasteiger partial charge in [0.1, 0.15) is 0 Å². The summed E-state index contributed by atoms with van der Waals surface area (Å²) >= 11 is 0. The van der Waals surface area contributed by atoms with E-state index in [1.807, 2.05) is 25.1 Å². The molecule has 5 heteroatoms. The predicted molar refractivity (Wildman–Crippen MR) is 82.8 cm³/mol. The van der Waals surface area contributed by atoms with Crippen LogP contribution in [0.4, 0.5) is 11.4 Å². The van der Waals surface area contributed by atoms with Crippen molar-refractivity contribution in [2.75, 3.05) is 37.2 Å². The van der Waals surface area contributed by atoms with Gasteiger partial charge in [0, 0.05) is 37.6 Å². The summed E-state index contributed by atoms with van der Waals surface area (Å²) in [6, 6.07) is 5.60. The molecule has 1 atom stereocenters. The molecule has 0 saturated carbocycles. The average molecular weight is 276 g/mol. The Morgan fingerprint density at radius 2 is 2.15 bits per heavy atom. The molecule has 0 bridgehead atoms. The fourth-order valence-corrected chi connectivity index (χ4v) is 2.48. The van der Waals surface area contributed by atoms with Crippen molar-refractivity contribution in [1.82, 2.24) is 10.2 Å². The second-order valence-electron chi connectivity index (χ2n) is 5.22. The molecule has 1 aromatic carbocycles. The Balaban J connectivity index is 1.98. The molecule has 1 aromatic rings. The molecule has 110 valence electrons. The van der Waals surface area contributed by atoms with E-state index >= 15 is 0 Å². The maximum Gasteiger partial charge on any atom is 0.241 e. The number of nitrogens with zero attached hydrogens (tertiary/aromatic N) is 1. The van der Waals surface area contributed by atoms with Crippen molar-refractivity contribution >= 4 is 17.3 Å². The lowest BCUT2D eigenvalue weighted by Crippen LogP contribution is -2.51. The van der Waals surface area contributed by atoms with Crippen LogP contribution >= 0.6 is 0 Å². The number of rotatable bonds is 4. The summed E-state index contributed by atoms with van der Waals surface area (Å²) in [5.41, 5.74) is 8.57. The van der Waals surface area contributed by atoms with Crippen LogP contribution in [0.5, 0.6) is 0 Å². The molecule has 20 heavy (non-hydrogen) atoms. The Bertz CT molecular complexity index is 469. The van der Waals surface area contributed by atoms with Crippen molar-refractivity contribution in [2.45, 2.75) is 26.3 Å². The van der Waals surface area contributed by atoms with Gasteiger partial charge < -0.3 is 16.4 Å². The van der Waals surface area contributed by atoms with Gasteiger partial charge >= 0.3 is 0 Å². The lowest BCUT2D eigenvalue weighted by atomic mass is 10.1. The van der Waals surface area contributed by atoms with E-state index in [2.05, 4.69) is 22.5 Å². The van der Waals surface area contributed by atoms with E-state index in [9.17, 15) is 4.79 Å². The molecule has 4 N–H and O–H groups in total. The minimum absolute atomic E-state index is 0.0237. The first kappa shape index (κ1) is 14.8. The second kappa shape index (κ2) is 6.72. The molecular weight excluding hydrogens is 252 g/mol. The Morgan fingerprint density at radius 3 is 2.75 bits per heavy atom. The van der Waals surface area contributed by atoms with Crippen molar-refractivity contribution in [2.24, 2.45) is 0 Å². The van der Waals surface area contributed by atoms with Gasteiger partial charge in [-0.3, -0.25) is 9.69 Å². The topological polar surface area (TPSA) is 70.4 Å². The van der Waals surface area contributed by atoms with Gasteiger partial charge in [0.2, 0.25) is 5.91 Å². The number of nitrogens with one attached hydrogen (secondary N) is 2. The van der Waals surface area contributed by atoms with E-state index in [1.54, 1.807) is 0 Å². The molecule has 1 aliphatic heterocycles. The number of piperazine rings is 1. The molecule has 1 saturated heterocycles. The summed E-state index contributed by atoms with van der Waals surface area (Å²) in [5, 5.41) is 6.24. The average Bonchev–Trinajstić information content (AvgIpc) is 2.47. The van der Waals surface area contributed by atoms with Gasteiger partial charge in [-0.05, 0) is 31.0 Å². The Hall–Kier alpha value is -1.59. The molecule has 1 amide bonds. The molecule has 0 aliphatic carbocycles. The molecule has 1 unspecified atom stereocenters. The van der Waals surface area contributed by atoms with Gasteiger partial charge in [0.15, 0.2) is 0 Å². The third kappa shape index (κ3) is 3.49. The molecule has 0 spiro atoms. The largest absolute Gasteiger partial charge is 0.398 e. The summed E-state index contributed by atoms with van der Waals surface area (Å²) in [6.45, 7) is 7.71. The van der Waals surface area contributed by atoms with Crippen LogP contribution in [-0.4, -0.2) is 43.0 Å². The number of aryl methyl sites for hydroxylation is 1. The first-order valence-electron chi connectivity index (χ1n) is 7.26. The van der Waals surface area contributed by atoms with E-state index < -0.39 is 0 Å². The third-order valence-corrected chi connectivity index (χ3v) is 3.87. The number of carbonyl (C=O) groups is 1. The highest BCUT2D eigenvalue weighted by molar-refractivity contribution is 5.95. The fraction of sp³-hybridized carbons (Fsp3) is 0.533. The highest BCUT2D eigenvalue weighted by Crippen LogP contribution is 2.19. The van der Waals surface area contributed by atoms with Gasteiger partial charge in [-0.1, -0.05) is 13.0 Å². The zero-order chi connectivity index (χ0) is 14.5. The van der Waals surface area contributed by atoms with E-state index in [0.29, 0.717) is 0 Å². The van der Waals surface area contributed by atoms with Gasteiger partial charge in [-0.15, -0.1) is 0 Å². The maximum absolute atomic E-state index is 12.3. The third-order valence-electron chi connectivity index (χ3n) is 3.87. The smallest absolute Gasteiger partial charge is 0.241 e. The lowest BCUT2D eigenvalue weighted by Gasteiger charge is -2.31. The normalized spacial score (nSPS) is 17.7. The van der Waals surface area contributed by atoms with Crippen LogP contribution in [0.3, 0.4) is 0 Å². The Morgan fingerprint density at radius 1 is 1.45 bits per heavy atom. The van der Waals surface area contributed by atoms with E-state index in [4.69, 9.17) is 5.73 Å². The van der Waals surface area contributed by atoms with Crippen LogP contribution in [0.2, 0.25) is 0 Å². The van der Waals surface area contributed by atoms with Crippen molar-refractivity contribution in [3.8, 4) is 0 Å². The van der Waals surface area contributed by atoms with Crippen molar-refractivity contribution < 1.29 is 4.79 Å². The molecular formula is C15H24N4O. The molecule has 1 heterocycles. The number of hydrogen-bond acceptors (Lipinski definition) is 4. The molecule has 5 nitrogen and oxygen atoms in total. The first-order chi connectivity index (χ1) is 9.61. The van der Waals surface area contributed by atoms with Crippen molar-refractivity contribution in [3.63, 3.8) is 0 Å². The van der Waals surface area contributed by atoms with Crippen LogP contribution in [0.15, 0.2) is 18.2 Å². The molecule has 1 fully saturated rings. The van der Waals surface area contributed by atoms with Crippen molar-refractivity contribution in [3.05, 3.63) is 23.8 Å². The predicted octanol–water partition coefficient (Wildman–Crippen LogP) is 1.06. The standard InChI is InChI=1S/C15H24N4O/c1-3-12-4-5-13(10-14(12)16)18-15(20)11(2)19-8-6-17-7-9-19/h4-5,10-11,17H,3,6-9,16H2,1-2H3,(H,18,20). The maximum atomic E-state index is 12.3. The number of nitrogen functional groups attached to an aromatic ring is 1. The lowest BCUT2D eigenvalue weighted by molar-refractivity contribution is -0.120. The first-order valence-corrected chi connectivity index (χ1v) is 7.26. The van der Waals surface area contributed by atoms with Gasteiger partial charge in [-0.25, -0.2) is 0 Å². The monoisotopic (exact) mass is 276 g/mol. The zero-order valence-electron chi connectivity index (χ0n) is 12.3. The molecule has 0 aromatic heterocycles. The number of hydrogen-bond donors (Lipinski definition) is 3. The number of carbonyl (C=O) groups excluding carboxylic acids is 1. The summed E-state index contributed by atoms with van der Waals surface area (Å²) < 4.78 is 0. The van der Waals surface area contributed by atoms with Crippen LogP contribution in [-0.2, 0) is 11.2 Å². The molecule has 1 aliphatic rings. The van der Waals surface area contributed by atoms with Crippen LogP contribution in [0, 0.1) is 0 Å². The number of nitrogens with two attached hydrogens (primary N) is 1. The number of amides is 1. The van der Waals surface area contributed by atoms with Gasteiger partial charge in [-0.2, -0.15) is 0 Å². The minimum Gasteiger partial charge on any atom is -0.398 e. The number of anilines is 2. The van der Waals surface area contributed by atoms with Gasteiger partial charge in [0.05, 0.1) is 6.04 Å². The second-order valence-corrected chi connectivity index (χ2v) is 5.22. The van der Waals surface area contributed by atoms with E-state index in [1.165, 1.54) is 0 Å². The minimum atomic E-state index is -0.121. The van der Waals surface area contributed by atoms with Crippen LogP contribution in [0.1, 0.15) is 19.4 Å². The SMILES string of the molecule is CCc1ccc(NC(=O)C(C)N2CCNCC2)cc1N. The van der Waals surface area contributed by atoms with Crippen LogP contribution in [0.25, 0.3) is 0 Å². The summed E-state index contributed by atoms with van der Waals surface area (Å²) in [6.07, 6.45) is 0.900. The van der Waals surface area contributed by atoms with Gasteiger partial charge in [0.25, 0.3) is 0 Å². The van der Waals surface area contributed by atoms with E-state index in [-0.39, 0.29) is 11.9 Å². The molecule has 0 radical (unpaired) electrons.